The number of aromatic nitrogens is 1. The van der Waals surface area contributed by atoms with Crippen LogP contribution in [0.2, 0.25) is 0 Å². The van der Waals surface area contributed by atoms with Crippen molar-refractivity contribution < 1.29 is 4.42 Å². The molecule has 2 rings (SSSR count). The van der Waals surface area contributed by atoms with Crippen LogP contribution in [0.1, 0.15) is 39.5 Å². The summed E-state index contributed by atoms with van der Waals surface area (Å²) in [6, 6.07) is 10.1. The zero-order valence-electron chi connectivity index (χ0n) is 11.4. The van der Waals surface area contributed by atoms with E-state index < -0.39 is 0 Å². The van der Waals surface area contributed by atoms with Gasteiger partial charge in [-0.15, -0.1) is 0 Å². The molecule has 0 fully saturated rings. The van der Waals surface area contributed by atoms with Crippen LogP contribution in [0.15, 0.2) is 40.9 Å². The van der Waals surface area contributed by atoms with Gasteiger partial charge >= 0.3 is 0 Å². The summed E-state index contributed by atoms with van der Waals surface area (Å²) in [4.78, 5) is 4.35. The Hall–Kier alpha value is -1.57. The standard InChI is InChI=1S/C16H21NO/c1-16(2,3)11-7-10-15-17-12-14(18-15)13-8-5-4-6-9-13/h4-6,8-9,12H,7,10-11H2,1-3H3. The molecule has 0 radical (unpaired) electrons. The van der Waals surface area contributed by atoms with E-state index in [0.717, 1.165) is 30.1 Å². The molecule has 1 aromatic carbocycles. The van der Waals surface area contributed by atoms with Gasteiger partial charge in [-0.2, -0.15) is 0 Å². The normalized spacial score (nSPS) is 11.7. The number of hydrogen-bond donors (Lipinski definition) is 0. The summed E-state index contributed by atoms with van der Waals surface area (Å²) in [6.45, 7) is 6.79. The van der Waals surface area contributed by atoms with Gasteiger partial charge in [-0.1, -0.05) is 51.1 Å². The lowest BCUT2D eigenvalue weighted by Gasteiger charge is -2.16. The van der Waals surface area contributed by atoms with Crippen LogP contribution in [0.5, 0.6) is 0 Å². The predicted octanol–water partition coefficient (Wildman–Crippen LogP) is 4.71. The Kier molecular flexibility index (Phi) is 3.85. The van der Waals surface area contributed by atoms with Crippen molar-refractivity contribution >= 4 is 0 Å². The van der Waals surface area contributed by atoms with Crippen LogP contribution < -0.4 is 0 Å². The lowest BCUT2D eigenvalue weighted by atomic mass is 9.90. The quantitative estimate of drug-likeness (QED) is 0.777. The summed E-state index contributed by atoms with van der Waals surface area (Å²) in [5.74, 6) is 1.71. The molecule has 0 amide bonds. The van der Waals surface area contributed by atoms with E-state index in [4.69, 9.17) is 4.42 Å². The molecule has 96 valence electrons. The lowest BCUT2D eigenvalue weighted by molar-refractivity contribution is 0.356. The Bertz CT molecular complexity index is 479. The number of oxazole rings is 1. The maximum absolute atomic E-state index is 5.77. The largest absolute Gasteiger partial charge is 0.441 e. The van der Waals surface area contributed by atoms with E-state index in [1.165, 1.54) is 6.42 Å². The van der Waals surface area contributed by atoms with E-state index in [1.807, 2.05) is 36.5 Å². The van der Waals surface area contributed by atoms with Gasteiger partial charge in [0.25, 0.3) is 0 Å². The van der Waals surface area contributed by atoms with Gasteiger partial charge in [-0.25, -0.2) is 4.98 Å². The highest BCUT2D eigenvalue weighted by Gasteiger charge is 2.11. The molecule has 0 aliphatic carbocycles. The van der Waals surface area contributed by atoms with E-state index in [1.54, 1.807) is 0 Å². The van der Waals surface area contributed by atoms with Crippen molar-refractivity contribution in [3.8, 4) is 11.3 Å². The minimum atomic E-state index is 0.384. The highest BCUT2D eigenvalue weighted by atomic mass is 16.4. The molecule has 18 heavy (non-hydrogen) atoms. The fraction of sp³-hybridized carbons (Fsp3) is 0.438. The first-order valence-electron chi connectivity index (χ1n) is 6.55. The van der Waals surface area contributed by atoms with Crippen molar-refractivity contribution in [3.63, 3.8) is 0 Å². The maximum atomic E-state index is 5.77. The second-order valence-corrected chi connectivity index (χ2v) is 5.90. The van der Waals surface area contributed by atoms with Gasteiger partial charge in [-0.3, -0.25) is 0 Å². The van der Waals surface area contributed by atoms with Gasteiger partial charge in [0.1, 0.15) is 0 Å². The summed E-state index contributed by atoms with van der Waals surface area (Å²) >= 11 is 0. The second kappa shape index (κ2) is 5.38. The van der Waals surface area contributed by atoms with Crippen LogP contribution in [-0.4, -0.2) is 4.98 Å². The molecule has 1 aromatic heterocycles. The van der Waals surface area contributed by atoms with Gasteiger partial charge in [0.15, 0.2) is 11.7 Å². The minimum absolute atomic E-state index is 0.384. The average Bonchev–Trinajstić information content (AvgIpc) is 2.77. The second-order valence-electron chi connectivity index (χ2n) is 5.90. The molecular weight excluding hydrogens is 222 g/mol. The topological polar surface area (TPSA) is 26.0 Å². The zero-order chi connectivity index (χ0) is 13.0. The lowest BCUT2D eigenvalue weighted by Crippen LogP contribution is -2.04. The van der Waals surface area contributed by atoms with Crippen molar-refractivity contribution in [1.82, 2.24) is 4.98 Å². The van der Waals surface area contributed by atoms with Gasteiger partial charge in [0.05, 0.1) is 6.20 Å². The fourth-order valence-electron chi connectivity index (χ4n) is 1.93. The number of hydrogen-bond acceptors (Lipinski definition) is 2. The first kappa shape index (κ1) is 12.9. The Morgan fingerprint density at radius 3 is 2.50 bits per heavy atom. The van der Waals surface area contributed by atoms with E-state index in [-0.39, 0.29) is 0 Å². The monoisotopic (exact) mass is 243 g/mol. The summed E-state index contributed by atoms with van der Waals surface area (Å²) < 4.78 is 5.77. The van der Waals surface area contributed by atoms with Gasteiger partial charge in [-0.05, 0) is 18.3 Å². The third kappa shape index (κ3) is 3.73. The fourth-order valence-corrected chi connectivity index (χ4v) is 1.93. The molecule has 0 saturated carbocycles. The third-order valence-corrected chi connectivity index (χ3v) is 2.93. The minimum Gasteiger partial charge on any atom is -0.441 e. The Morgan fingerprint density at radius 1 is 1.11 bits per heavy atom. The predicted molar refractivity (Wildman–Crippen MR) is 74.3 cm³/mol. The number of rotatable bonds is 4. The van der Waals surface area contributed by atoms with Crippen LogP contribution in [0.3, 0.4) is 0 Å². The Labute approximate surface area is 109 Å². The van der Waals surface area contributed by atoms with E-state index in [2.05, 4.69) is 25.8 Å². The van der Waals surface area contributed by atoms with Crippen molar-refractivity contribution in [3.05, 3.63) is 42.4 Å². The molecule has 2 aromatic rings. The van der Waals surface area contributed by atoms with Gasteiger partial charge in [0, 0.05) is 12.0 Å². The molecule has 0 aliphatic rings. The smallest absolute Gasteiger partial charge is 0.194 e. The van der Waals surface area contributed by atoms with Crippen LogP contribution in [0, 0.1) is 5.41 Å². The molecule has 0 N–H and O–H groups in total. The van der Waals surface area contributed by atoms with Crippen LogP contribution in [0.25, 0.3) is 11.3 Å². The molecule has 0 aliphatic heterocycles. The van der Waals surface area contributed by atoms with Crippen molar-refractivity contribution in [2.45, 2.75) is 40.0 Å². The van der Waals surface area contributed by atoms with Crippen molar-refractivity contribution in [1.29, 1.82) is 0 Å². The number of nitrogens with zero attached hydrogens (tertiary/aromatic N) is 1. The van der Waals surface area contributed by atoms with E-state index >= 15 is 0 Å². The third-order valence-electron chi connectivity index (χ3n) is 2.93. The molecule has 2 nitrogen and oxygen atoms in total. The number of aryl methyl sites for hydroxylation is 1. The van der Waals surface area contributed by atoms with Crippen LogP contribution in [-0.2, 0) is 6.42 Å². The first-order valence-corrected chi connectivity index (χ1v) is 6.55. The van der Waals surface area contributed by atoms with E-state index in [0.29, 0.717) is 5.41 Å². The average molecular weight is 243 g/mol. The zero-order valence-corrected chi connectivity index (χ0v) is 11.4. The first-order chi connectivity index (χ1) is 8.54. The summed E-state index contributed by atoms with van der Waals surface area (Å²) in [7, 11) is 0. The van der Waals surface area contributed by atoms with Gasteiger partial charge < -0.3 is 4.42 Å². The molecular formula is C16H21NO. The van der Waals surface area contributed by atoms with E-state index in [9.17, 15) is 0 Å². The molecule has 0 spiro atoms. The maximum Gasteiger partial charge on any atom is 0.194 e. The molecule has 2 heteroatoms. The highest BCUT2D eigenvalue weighted by Crippen LogP contribution is 2.24. The molecule has 0 unspecified atom stereocenters. The summed E-state index contributed by atoms with van der Waals surface area (Å²) in [5.41, 5.74) is 1.47. The molecule has 0 bridgehead atoms. The van der Waals surface area contributed by atoms with Gasteiger partial charge in [0.2, 0.25) is 0 Å². The molecule has 0 saturated heterocycles. The Balaban J connectivity index is 1.95. The summed E-state index contributed by atoms with van der Waals surface area (Å²) in [6.07, 6.45) is 5.06. The molecule has 0 atom stereocenters. The molecule has 1 heterocycles. The Morgan fingerprint density at radius 2 is 1.83 bits per heavy atom. The highest BCUT2D eigenvalue weighted by molar-refractivity contribution is 5.55. The van der Waals surface area contributed by atoms with Crippen molar-refractivity contribution in [2.24, 2.45) is 5.41 Å². The van der Waals surface area contributed by atoms with Crippen LogP contribution in [0.4, 0.5) is 0 Å². The number of benzene rings is 1. The summed E-state index contributed by atoms with van der Waals surface area (Å²) in [5, 5.41) is 0. The SMILES string of the molecule is CC(C)(C)CCCc1ncc(-c2ccccc2)o1. The van der Waals surface area contributed by atoms with Crippen molar-refractivity contribution in [2.75, 3.05) is 0 Å². The van der Waals surface area contributed by atoms with Crippen LogP contribution >= 0.6 is 0 Å².